The van der Waals surface area contributed by atoms with Crippen LogP contribution in [0.15, 0.2) is 22.8 Å². The summed E-state index contributed by atoms with van der Waals surface area (Å²) in [6.45, 7) is 2.14. The van der Waals surface area contributed by atoms with E-state index in [2.05, 4.69) is 39.2 Å². The summed E-state index contributed by atoms with van der Waals surface area (Å²) in [5.74, 6) is 0. The number of halogens is 1. The van der Waals surface area contributed by atoms with Crippen molar-refractivity contribution in [2.24, 2.45) is 0 Å². The second-order valence-electron chi connectivity index (χ2n) is 4.63. The number of aromatic nitrogens is 1. The molecule has 0 amide bonds. The monoisotopic (exact) mass is 298 g/mol. The Bertz CT molecular complexity index is 355. The average Bonchev–Trinajstić information content (AvgIpc) is 2.75. The van der Waals surface area contributed by atoms with E-state index in [1.165, 1.54) is 0 Å². The molecule has 3 nitrogen and oxygen atoms in total. The minimum absolute atomic E-state index is 0.320. The van der Waals surface area contributed by atoms with E-state index in [4.69, 9.17) is 4.74 Å². The van der Waals surface area contributed by atoms with Gasteiger partial charge in [-0.25, -0.2) is 0 Å². The zero-order chi connectivity index (χ0) is 12.3. The SMILES string of the molecule is CNC(Cc1ccc(Br)cn1)C1CCC(C)O1. The number of pyridine rings is 1. The Hall–Kier alpha value is -0.450. The third-order valence-corrected chi connectivity index (χ3v) is 3.77. The molecule has 0 radical (unpaired) electrons. The van der Waals surface area contributed by atoms with Gasteiger partial charge in [0.15, 0.2) is 0 Å². The molecule has 3 atom stereocenters. The van der Waals surface area contributed by atoms with E-state index in [0.29, 0.717) is 18.2 Å². The van der Waals surface area contributed by atoms with E-state index in [1.54, 1.807) is 0 Å². The van der Waals surface area contributed by atoms with Gasteiger partial charge in [0.25, 0.3) is 0 Å². The molecule has 0 spiro atoms. The molecule has 0 aromatic carbocycles. The first-order chi connectivity index (χ1) is 8.19. The molecule has 0 saturated carbocycles. The molecule has 1 N–H and O–H groups in total. The maximum absolute atomic E-state index is 5.91. The van der Waals surface area contributed by atoms with E-state index >= 15 is 0 Å². The van der Waals surface area contributed by atoms with Crippen molar-refractivity contribution in [1.29, 1.82) is 0 Å². The van der Waals surface area contributed by atoms with E-state index in [0.717, 1.165) is 29.4 Å². The Labute approximate surface area is 111 Å². The highest BCUT2D eigenvalue weighted by atomic mass is 79.9. The molecule has 1 aromatic heterocycles. The van der Waals surface area contributed by atoms with E-state index in [1.807, 2.05) is 19.3 Å². The summed E-state index contributed by atoms with van der Waals surface area (Å²) in [6.07, 6.45) is 5.79. The second kappa shape index (κ2) is 5.94. The zero-order valence-corrected chi connectivity index (χ0v) is 11.9. The predicted octanol–water partition coefficient (Wildman–Crippen LogP) is 2.54. The van der Waals surface area contributed by atoms with Crippen LogP contribution in [0.25, 0.3) is 0 Å². The quantitative estimate of drug-likeness (QED) is 0.928. The lowest BCUT2D eigenvalue weighted by molar-refractivity contribution is 0.0335. The Morgan fingerprint density at radius 1 is 1.53 bits per heavy atom. The Morgan fingerprint density at radius 3 is 2.88 bits per heavy atom. The predicted molar refractivity (Wildman–Crippen MR) is 72.1 cm³/mol. The molecule has 1 fully saturated rings. The van der Waals surface area contributed by atoms with Gasteiger partial charge in [0.1, 0.15) is 0 Å². The van der Waals surface area contributed by atoms with Gasteiger partial charge in [-0.1, -0.05) is 0 Å². The molecule has 17 heavy (non-hydrogen) atoms. The smallest absolute Gasteiger partial charge is 0.0736 e. The fourth-order valence-corrected chi connectivity index (χ4v) is 2.54. The zero-order valence-electron chi connectivity index (χ0n) is 10.3. The Balaban J connectivity index is 1.97. The number of ether oxygens (including phenoxy) is 1. The first-order valence-electron chi connectivity index (χ1n) is 6.12. The summed E-state index contributed by atoms with van der Waals surface area (Å²) in [4.78, 5) is 4.41. The number of likely N-dealkylation sites (N-methyl/N-ethyl adjacent to an activating group) is 1. The largest absolute Gasteiger partial charge is 0.374 e. The molecule has 0 aliphatic carbocycles. The molecule has 1 saturated heterocycles. The number of hydrogen-bond donors (Lipinski definition) is 1. The summed E-state index contributed by atoms with van der Waals surface area (Å²) in [5.41, 5.74) is 1.11. The number of hydrogen-bond acceptors (Lipinski definition) is 3. The second-order valence-corrected chi connectivity index (χ2v) is 5.55. The summed E-state index contributed by atoms with van der Waals surface area (Å²) in [6, 6.07) is 4.45. The Kier molecular flexibility index (Phi) is 4.54. The van der Waals surface area contributed by atoms with Crippen molar-refractivity contribution in [2.45, 2.75) is 44.4 Å². The third kappa shape index (κ3) is 3.50. The van der Waals surface area contributed by atoms with Crippen molar-refractivity contribution in [3.05, 3.63) is 28.5 Å². The van der Waals surface area contributed by atoms with Gasteiger partial charge in [0.05, 0.1) is 12.2 Å². The summed E-state index contributed by atoms with van der Waals surface area (Å²) in [7, 11) is 2.00. The van der Waals surface area contributed by atoms with Crippen LogP contribution in [0, 0.1) is 0 Å². The van der Waals surface area contributed by atoms with Crippen LogP contribution in [0.3, 0.4) is 0 Å². The van der Waals surface area contributed by atoms with Crippen molar-refractivity contribution < 1.29 is 4.74 Å². The van der Waals surface area contributed by atoms with Gasteiger partial charge in [-0.05, 0) is 54.9 Å². The van der Waals surface area contributed by atoms with Gasteiger partial charge in [-0.15, -0.1) is 0 Å². The highest BCUT2D eigenvalue weighted by molar-refractivity contribution is 9.10. The molecule has 1 aromatic rings. The molecule has 94 valence electrons. The highest BCUT2D eigenvalue weighted by Gasteiger charge is 2.28. The molecular weight excluding hydrogens is 280 g/mol. The lowest BCUT2D eigenvalue weighted by atomic mass is 10.0. The fraction of sp³-hybridized carbons (Fsp3) is 0.615. The van der Waals surface area contributed by atoms with Gasteiger partial charge in [0.2, 0.25) is 0 Å². The maximum atomic E-state index is 5.91. The van der Waals surface area contributed by atoms with Gasteiger partial charge >= 0.3 is 0 Å². The molecule has 2 rings (SSSR count). The van der Waals surface area contributed by atoms with Crippen LogP contribution in [-0.2, 0) is 11.2 Å². The topological polar surface area (TPSA) is 34.2 Å². The van der Waals surface area contributed by atoms with Crippen LogP contribution in [-0.4, -0.2) is 30.3 Å². The lowest BCUT2D eigenvalue weighted by Gasteiger charge is -2.22. The lowest BCUT2D eigenvalue weighted by Crippen LogP contribution is -2.39. The van der Waals surface area contributed by atoms with Crippen molar-refractivity contribution >= 4 is 15.9 Å². The van der Waals surface area contributed by atoms with Gasteiger partial charge < -0.3 is 10.1 Å². The van der Waals surface area contributed by atoms with Gasteiger partial charge in [-0.2, -0.15) is 0 Å². The number of nitrogens with zero attached hydrogens (tertiary/aromatic N) is 1. The number of nitrogens with one attached hydrogen (secondary N) is 1. The highest BCUT2D eigenvalue weighted by Crippen LogP contribution is 2.23. The van der Waals surface area contributed by atoms with Crippen molar-refractivity contribution in [2.75, 3.05) is 7.05 Å². The summed E-state index contributed by atoms with van der Waals surface area (Å²) < 4.78 is 6.93. The van der Waals surface area contributed by atoms with Crippen molar-refractivity contribution in [1.82, 2.24) is 10.3 Å². The fourth-order valence-electron chi connectivity index (χ4n) is 2.30. The van der Waals surface area contributed by atoms with Gasteiger partial charge in [0, 0.05) is 28.8 Å². The van der Waals surface area contributed by atoms with Gasteiger partial charge in [-0.3, -0.25) is 4.98 Å². The molecule has 0 bridgehead atoms. The van der Waals surface area contributed by atoms with E-state index < -0.39 is 0 Å². The maximum Gasteiger partial charge on any atom is 0.0736 e. The van der Waals surface area contributed by atoms with Crippen LogP contribution < -0.4 is 5.32 Å². The molecule has 1 aliphatic rings. The third-order valence-electron chi connectivity index (χ3n) is 3.30. The minimum atomic E-state index is 0.320. The molecular formula is C13H19BrN2O. The molecule has 3 unspecified atom stereocenters. The van der Waals surface area contributed by atoms with E-state index in [-0.39, 0.29) is 0 Å². The molecule has 2 heterocycles. The van der Waals surface area contributed by atoms with Crippen LogP contribution in [0.5, 0.6) is 0 Å². The summed E-state index contributed by atoms with van der Waals surface area (Å²) >= 11 is 3.40. The van der Waals surface area contributed by atoms with Crippen molar-refractivity contribution in [3.8, 4) is 0 Å². The minimum Gasteiger partial charge on any atom is -0.374 e. The first kappa shape index (κ1) is 13.0. The molecule has 4 heteroatoms. The van der Waals surface area contributed by atoms with Crippen LogP contribution in [0.1, 0.15) is 25.5 Å². The van der Waals surface area contributed by atoms with Crippen LogP contribution >= 0.6 is 15.9 Å². The first-order valence-corrected chi connectivity index (χ1v) is 6.91. The normalized spacial score (nSPS) is 26.1. The van der Waals surface area contributed by atoms with Crippen LogP contribution in [0.2, 0.25) is 0 Å². The Morgan fingerprint density at radius 2 is 2.35 bits per heavy atom. The van der Waals surface area contributed by atoms with E-state index in [9.17, 15) is 0 Å². The summed E-state index contributed by atoms with van der Waals surface area (Å²) in [5, 5.41) is 3.35. The number of rotatable bonds is 4. The van der Waals surface area contributed by atoms with Crippen LogP contribution in [0.4, 0.5) is 0 Å². The molecule has 1 aliphatic heterocycles. The average molecular weight is 299 g/mol. The standard InChI is InChI=1S/C13H19BrN2O/c1-9-3-6-13(17-9)12(15-2)7-11-5-4-10(14)8-16-11/h4-5,8-9,12-13,15H,3,6-7H2,1-2H3. The van der Waals surface area contributed by atoms with Crippen molar-refractivity contribution in [3.63, 3.8) is 0 Å².